The van der Waals surface area contributed by atoms with Crippen LogP contribution in [0.25, 0.3) is 10.6 Å². The van der Waals surface area contributed by atoms with Crippen LogP contribution in [0.4, 0.5) is 4.39 Å². The second-order valence-electron chi connectivity index (χ2n) is 5.64. The predicted molar refractivity (Wildman–Crippen MR) is 91.3 cm³/mol. The van der Waals surface area contributed by atoms with Crippen LogP contribution in [0.3, 0.4) is 0 Å². The molecule has 0 spiro atoms. The number of rotatable bonds is 5. The van der Waals surface area contributed by atoms with Crippen LogP contribution in [0.15, 0.2) is 22.7 Å². The van der Waals surface area contributed by atoms with Gasteiger partial charge in [0, 0.05) is 27.5 Å². The van der Waals surface area contributed by atoms with Crippen molar-refractivity contribution >= 4 is 27.3 Å². The zero-order valence-electron chi connectivity index (χ0n) is 12.7. The van der Waals surface area contributed by atoms with Crippen LogP contribution in [-0.4, -0.2) is 11.0 Å². The van der Waals surface area contributed by atoms with Gasteiger partial charge in [-0.1, -0.05) is 43.6 Å². The van der Waals surface area contributed by atoms with Crippen molar-refractivity contribution in [3.63, 3.8) is 0 Å². The highest BCUT2D eigenvalue weighted by atomic mass is 79.9. The summed E-state index contributed by atoms with van der Waals surface area (Å²) in [5, 5.41) is 4.17. The van der Waals surface area contributed by atoms with Crippen LogP contribution in [0.5, 0.6) is 0 Å². The number of nitrogens with one attached hydrogen (secondary N) is 1. The molecule has 1 heterocycles. The average molecular weight is 371 g/mol. The van der Waals surface area contributed by atoms with Gasteiger partial charge in [0.25, 0.3) is 0 Å². The van der Waals surface area contributed by atoms with E-state index in [2.05, 4.69) is 53.9 Å². The van der Waals surface area contributed by atoms with Crippen LogP contribution in [0.1, 0.15) is 44.2 Å². The average Bonchev–Trinajstić information content (AvgIpc) is 2.80. The molecular formula is C16H20BrFN2S. The normalized spacial score (nSPS) is 11.6. The number of halogens is 2. The van der Waals surface area contributed by atoms with Crippen LogP contribution in [0, 0.1) is 5.82 Å². The molecule has 21 heavy (non-hydrogen) atoms. The molecule has 1 N–H and O–H groups in total. The summed E-state index contributed by atoms with van der Waals surface area (Å²) in [6, 6.07) is 5.53. The molecule has 5 heteroatoms. The molecule has 0 aliphatic carbocycles. The summed E-state index contributed by atoms with van der Waals surface area (Å²) in [6.07, 6.45) is 0. The number of aromatic nitrogens is 1. The molecule has 0 atom stereocenters. The minimum atomic E-state index is -0.239. The first-order valence-corrected chi connectivity index (χ1v) is 8.67. The molecule has 0 amide bonds. The molecular weight excluding hydrogens is 351 g/mol. The zero-order valence-corrected chi connectivity index (χ0v) is 15.1. The van der Waals surface area contributed by atoms with Crippen LogP contribution < -0.4 is 5.32 Å². The third-order valence-electron chi connectivity index (χ3n) is 3.11. The Morgan fingerprint density at radius 1 is 1.29 bits per heavy atom. The highest BCUT2D eigenvalue weighted by Crippen LogP contribution is 2.34. The molecule has 0 aliphatic rings. The Morgan fingerprint density at radius 3 is 2.57 bits per heavy atom. The monoisotopic (exact) mass is 370 g/mol. The van der Waals surface area contributed by atoms with Crippen molar-refractivity contribution in [2.24, 2.45) is 0 Å². The van der Waals surface area contributed by atoms with Gasteiger partial charge in [-0.25, -0.2) is 9.37 Å². The fraction of sp³-hybridized carbons (Fsp3) is 0.438. The van der Waals surface area contributed by atoms with E-state index in [1.807, 2.05) is 6.07 Å². The van der Waals surface area contributed by atoms with Crippen molar-refractivity contribution in [2.45, 2.75) is 46.2 Å². The molecule has 1 aromatic carbocycles. The SMILES string of the molecule is CC(C)NCc1sc(-c2ccc(Br)cc2F)nc1C(C)C. The van der Waals surface area contributed by atoms with Gasteiger partial charge >= 0.3 is 0 Å². The van der Waals surface area contributed by atoms with Gasteiger partial charge in [0.05, 0.1) is 5.69 Å². The molecule has 0 unspecified atom stereocenters. The van der Waals surface area contributed by atoms with Crippen molar-refractivity contribution in [3.8, 4) is 10.6 Å². The van der Waals surface area contributed by atoms with E-state index < -0.39 is 0 Å². The molecule has 2 rings (SSSR count). The van der Waals surface area contributed by atoms with Gasteiger partial charge in [0.15, 0.2) is 0 Å². The number of benzene rings is 1. The molecule has 0 radical (unpaired) electrons. The summed E-state index contributed by atoms with van der Waals surface area (Å²) < 4.78 is 14.9. The summed E-state index contributed by atoms with van der Waals surface area (Å²) >= 11 is 4.86. The summed E-state index contributed by atoms with van der Waals surface area (Å²) in [5.41, 5.74) is 1.63. The van der Waals surface area contributed by atoms with Gasteiger partial charge in [-0.2, -0.15) is 0 Å². The molecule has 0 saturated carbocycles. The number of hydrogen-bond donors (Lipinski definition) is 1. The van der Waals surface area contributed by atoms with E-state index in [4.69, 9.17) is 0 Å². The Labute approximate surface area is 137 Å². The van der Waals surface area contributed by atoms with E-state index in [-0.39, 0.29) is 5.82 Å². The van der Waals surface area contributed by atoms with Crippen molar-refractivity contribution in [2.75, 3.05) is 0 Å². The lowest BCUT2D eigenvalue weighted by molar-refractivity contribution is 0.588. The summed E-state index contributed by atoms with van der Waals surface area (Å²) in [7, 11) is 0. The van der Waals surface area contributed by atoms with E-state index in [1.165, 1.54) is 10.9 Å². The third kappa shape index (κ3) is 4.11. The van der Waals surface area contributed by atoms with Gasteiger partial charge in [-0.05, 0) is 24.1 Å². The largest absolute Gasteiger partial charge is 0.310 e. The van der Waals surface area contributed by atoms with E-state index >= 15 is 0 Å². The smallest absolute Gasteiger partial charge is 0.134 e. The highest BCUT2D eigenvalue weighted by Gasteiger charge is 2.17. The second-order valence-corrected chi connectivity index (χ2v) is 7.64. The minimum Gasteiger partial charge on any atom is -0.310 e. The lowest BCUT2D eigenvalue weighted by Crippen LogP contribution is -2.22. The predicted octanol–water partition coefficient (Wildman–Crippen LogP) is 5.33. The first kappa shape index (κ1) is 16.6. The number of thiazole rings is 1. The first-order valence-electron chi connectivity index (χ1n) is 7.07. The van der Waals surface area contributed by atoms with Crippen molar-refractivity contribution in [1.82, 2.24) is 10.3 Å². The molecule has 0 aliphatic heterocycles. The fourth-order valence-electron chi connectivity index (χ4n) is 2.02. The molecule has 114 valence electrons. The van der Waals surface area contributed by atoms with Gasteiger partial charge in [-0.3, -0.25) is 0 Å². The molecule has 1 aromatic heterocycles. The lowest BCUT2D eigenvalue weighted by atomic mass is 10.1. The van der Waals surface area contributed by atoms with Crippen LogP contribution in [0.2, 0.25) is 0 Å². The maximum absolute atomic E-state index is 14.1. The Balaban J connectivity index is 2.38. The van der Waals surface area contributed by atoms with E-state index in [1.54, 1.807) is 17.4 Å². The minimum absolute atomic E-state index is 0.239. The maximum atomic E-state index is 14.1. The zero-order chi connectivity index (χ0) is 15.6. The molecule has 2 aromatic rings. The quantitative estimate of drug-likeness (QED) is 0.768. The summed E-state index contributed by atoms with van der Waals surface area (Å²) in [4.78, 5) is 5.86. The van der Waals surface area contributed by atoms with Gasteiger partial charge in [0.1, 0.15) is 10.8 Å². The van der Waals surface area contributed by atoms with E-state index in [0.717, 1.165) is 21.7 Å². The Bertz CT molecular complexity index is 623. The highest BCUT2D eigenvalue weighted by molar-refractivity contribution is 9.10. The third-order valence-corrected chi connectivity index (χ3v) is 4.70. The van der Waals surface area contributed by atoms with Crippen LogP contribution in [-0.2, 0) is 6.54 Å². The first-order chi connectivity index (χ1) is 9.88. The topological polar surface area (TPSA) is 24.9 Å². The van der Waals surface area contributed by atoms with E-state index in [0.29, 0.717) is 17.5 Å². The fourth-order valence-corrected chi connectivity index (χ4v) is 3.54. The molecule has 0 saturated heterocycles. The number of hydrogen-bond acceptors (Lipinski definition) is 3. The Kier molecular flexibility index (Phi) is 5.52. The second kappa shape index (κ2) is 6.99. The van der Waals surface area contributed by atoms with Crippen LogP contribution >= 0.6 is 27.3 Å². The molecule has 0 fully saturated rings. The molecule has 0 bridgehead atoms. The Hall–Kier alpha value is -0.780. The van der Waals surface area contributed by atoms with Gasteiger partial charge in [0.2, 0.25) is 0 Å². The van der Waals surface area contributed by atoms with Gasteiger partial charge < -0.3 is 5.32 Å². The number of nitrogens with zero attached hydrogens (tertiary/aromatic N) is 1. The lowest BCUT2D eigenvalue weighted by Gasteiger charge is -2.09. The standard InChI is InChI=1S/C16H20BrFN2S/c1-9(2)15-14(8-19-10(3)4)21-16(20-15)12-6-5-11(17)7-13(12)18/h5-7,9-10,19H,8H2,1-4H3. The van der Waals surface area contributed by atoms with Gasteiger partial charge in [-0.15, -0.1) is 11.3 Å². The van der Waals surface area contributed by atoms with Crippen molar-refractivity contribution in [3.05, 3.63) is 39.1 Å². The van der Waals surface area contributed by atoms with E-state index in [9.17, 15) is 4.39 Å². The molecule has 2 nitrogen and oxygen atoms in total. The summed E-state index contributed by atoms with van der Waals surface area (Å²) in [5.74, 6) is 0.0919. The van der Waals surface area contributed by atoms with Crippen molar-refractivity contribution < 1.29 is 4.39 Å². The maximum Gasteiger partial charge on any atom is 0.134 e. The summed E-state index contributed by atoms with van der Waals surface area (Å²) in [6.45, 7) is 9.25. The Morgan fingerprint density at radius 2 is 2.00 bits per heavy atom. The van der Waals surface area contributed by atoms with Crippen molar-refractivity contribution in [1.29, 1.82) is 0 Å².